The number of carbonyl (C=O) groups excluding carboxylic acids is 1. The molecule has 1 aliphatic rings. The summed E-state index contributed by atoms with van der Waals surface area (Å²) in [4.78, 5) is 23.8. The molecule has 154 valence electrons. The Kier molecular flexibility index (Phi) is 5.62. The van der Waals surface area contributed by atoms with Gasteiger partial charge in [-0.05, 0) is 60.5 Å². The van der Waals surface area contributed by atoms with Crippen LogP contribution >= 0.6 is 0 Å². The molecule has 0 spiro atoms. The molecule has 0 atom stereocenters. The summed E-state index contributed by atoms with van der Waals surface area (Å²) in [5, 5.41) is 14.8. The highest BCUT2D eigenvalue weighted by Gasteiger charge is 2.28. The fourth-order valence-corrected chi connectivity index (χ4v) is 3.20. The van der Waals surface area contributed by atoms with E-state index in [0.717, 1.165) is 16.8 Å². The molecule has 0 bridgehead atoms. The summed E-state index contributed by atoms with van der Waals surface area (Å²) in [5.41, 5.74) is 3.83. The van der Waals surface area contributed by atoms with Gasteiger partial charge in [0.1, 0.15) is 12.4 Å². The predicted molar refractivity (Wildman–Crippen MR) is 119 cm³/mol. The molecule has 3 aromatic rings. The molecule has 0 fully saturated rings. The van der Waals surface area contributed by atoms with E-state index in [0.29, 0.717) is 23.6 Å². The van der Waals surface area contributed by atoms with Gasteiger partial charge in [0, 0.05) is 0 Å². The maximum absolute atomic E-state index is 12.9. The Morgan fingerprint density at radius 3 is 2.48 bits per heavy atom. The number of rotatable bonds is 6. The van der Waals surface area contributed by atoms with E-state index in [2.05, 4.69) is 5.10 Å². The molecule has 1 aliphatic heterocycles. The Labute approximate surface area is 179 Å². The van der Waals surface area contributed by atoms with Crippen molar-refractivity contribution in [2.45, 2.75) is 13.5 Å². The third kappa shape index (κ3) is 4.53. The van der Waals surface area contributed by atoms with Crippen molar-refractivity contribution in [1.82, 2.24) is 0 Å². The molecule has 1 heterocycles. The van der Waals surface area contributed by atoms with Gasteiger partial charge < -0.3 is 9.84 Å². The molecule has 0 aromatic heterocycles. The molecule has 4 rings (SSSR count). The first-order valence-corrected chi connectivity index (χ1v) is 9.73. The Balaban J connectivity index is 1.48. The van der Waals surface area contributed by atoms with Crippen molar-refractivity contribution in [3.05, 3.63) is 101 Å². The van der Waals surface area contributed by atoms with E-state index in [9.17, 15) is 9.59 Å². The van der Waals surface area contributed by atoms with Crippen molar-refractivity contribution in [3.63, 3.8) is 0 Å². The van der Waals surface area contributed by atoms with E-state index < -0.39 is 5.97 Å². The average Bonchev–Trinajstić information content (AvgIpc) is 3.07. The van der Waals surface area contributed by atoms with Gasteiger partial charge in [-0.25, -0.2) is 4.79 Å². The summed E-state index contributed by atoms with van der Waals surface area (Å²) >= 11 is 0. The third-order valence-corrected chi connectivity index (χ3v) is 4.84. The van der Waals surface area contributed by atoms with E-state index in [1.165, 1.54) is 5.01 Å². The van der Waals surface area contributed by atoms with Gasteiger partial charge >= 0.3 is 5.97 Å². The van der Waals surface area contributed by atoms with Gasteiger partial charge in [0.15, 0.2) is 0 Å². The second kappa shape index (κ2) is 8.67. The third-order valence-electron chi connectivity index (χ3n) is 4.84. The van der Waals surface area contributed by atoms with Crippen LogP contribution in [0.2, 0.25) is 0 Å². The van der Waals surface area contributed by atoms with E-state index in [1.807, 2.05) is 61.5 Å². The number of para-hydroxylation sites is 1. The van der Waals surface area contributed by atoms with Crippen LogP contribution in [-0.2, 0) is 11.4 Å². The monoisotopic (exact) mass is 412 g/mol. The van der Waals surface area contributed by atoms with Crippen molar-refractivity contribution in [3.8, 4) is 5.75 Å². The molecule has 0 radical (unpaired) electrons. The van der Waals surface area contributed by atoms with Crippen LogP contribution in [0.4, 0.5) is 5.69 Å². The highest BCUT2D eigenvalue weighted by atomic mass is 16.5. The number of anilines is 1. The Hall–Kier alpha value is -4.19. The van der Waals surface area contributed by atoms with E-state index in [4.69, 9.17) is 9.84 Å². The van der Waals surface area contributed by atoms with Crippen LogP contribution in [0.25, 0.3) is 6.08 Å². The first-order chi connectivity index (χ1) is 15.0. The van der Waals surface area contributed by atoms with Crippen LogP contribution in [0.3, 0.4) is 0 Å². The molecule has 1 amide bonds. The fourth-order valence-electron chi connectivity index (χ4n) is 3.20. The second-order valence-electron chi connectivity index (χ2n) is 7.06. The van der Waals surface area contributed by atoms with E-state index in [-0.39, 0.29) is 11.5 Å². The molecule has 0 aliphatic carbocycles. The lowest BCUT2D eigenvalue weighted by Gasteiger charge is -2.11. The first kappa shape index (κ1) is 20.1. The summed E-state index contributed by atoms with van der Waals surface area (Å²) in [6.07, 6.45) is 1.80. The van der Waals surface area contributed by atoms with Gasteiger partial charge in [0.25, 0.3) is 5.91 Å². The lowest BCUT2D eigenvalue weighted by molar-refractivity contribution is -0.114. The smallest absolute Gasteiger partial charge is 0.335 e. The number of carbonyl (C=O) groups is 2. The van der Waals surface area contributed by atoms with Crippen molar-refractivity contribution in [2.24, 2.45) is 5.10 Å². The molecule has 1 N–H and O–H groups in total. The maximum atomic E-state index is 12.9. The van der Waals surface area contributed by atoms with Crippen molar-refractivity contribution in [1.29, 1.82) is 0 Å². The zero-order valence-corrected chi connectivity index (χ0v) is 16.9. The molecule has 0 saturated heterocycles. The number of carboxylic acids is 1. The van der Waals surface area contributed by atoms with Crippen LogP contribution < -0.4 is 9.75 Å². The molecule has 6 heteroatoms. The Morgan fingerprint density at radius 1 is 1.03 bits per heavy atom. The molecule has 31 heavy (non-hydrogen) atoms. The number of hydrogen-bond donors (Lipinski definition) is 1. The zero-order chi connectivity index (χ0) is 21.8. The number of hydrazone groups is 1. The summed E-state index contributed by atoms with van der Waals surface area (Å²) in [6, 6.07) is 23.3. The Bertz CT molecular complexity index is 1180. The molecule has 0 saturated carbocycles. The number of nitrogens with zero attached hydrogens (tertiary/aromatic N) is 2. The highest BCUT2D eigenvalue weighted by molar-refractivity contribution is 6.32. The summed E-state index contributed by atoms with van der Waals surface area (Å²) in [6.45, 7) is 2.12. The highest BCUT2D eigenvalue weighted by Crippen LogP contribution is 2.25. The first-order valence-electron chi connectivity index (χ1n) is 9.73. The van der Waals surface area contributed by atoms with E-state index in [1.54, 1.807) is 30.3 Å². The van der Waals surface area contributed by atoms with Gasteiger partial charge in [-0.15, -0.1) is 0 Å². The quantitative estimate of drug-likeness (QED) is 0.592. The SMILES string of the molecule is CC1=NN(c2ccccc2)C(=O)/C1=C\c1cccc(OCc2ccc(C(=O)O)cc2)c1. The summed E-state index contributed by atoms with van der Waals surface area (Å²) in [7, 11) is 0. The van der Waals surface area contributed by atoms with Crippen LogP contribution in [-0.4, -0.2) is 22.7 Å². The Morgan fingerprint density at radius 2 is 1.77 bits per heavy atom. The standard InChI is InChI=1S/C25H20N2O4/c1-17-23(24(28)27(26-17)21-7-3-2-4-8-21)15-19-6-5-9-22(14-19)31-16-18-10-12-20(13-11-18)25(29)30/h2-15H,16H2,1H3,(H,29,30)/b23-15-. The maximum Gasteiger partial charge on any atom is 0.335 e. The predicted octanol–water partition coefficient (Wildman–Crippen LogP) is 4.77. The minimum Gasteiger partial charge on any atom is -0.489 e. The lowest BCUT2D eigenvalue weighted by Crippen LogP contribution is -2.21. The second-order valence-corrected chi connectivity index (χ2v) is 7.06. The molecule has 6 nitrogen and oxygen atoms in total. The van der Waals surface area contributed by atoms with E-state index >= 15 is 0 Å². The topological polar surface area (TPSA) is 79.2 Å². The van der Waals surface area contributed by atoms with Crippen molar-refractivity contribution >= 4 is 29.4 Å². The fraction of sp³-hybridized carbons (Fsp3) is 0.0800. The molecular weight excluding hydrogens is 392 g/mol. The number of benzene rings is 3. The minimum absolute atomic E-state index is 0.173. The van der Waals surface area contributed by atoms with Crippen LogP contribution in [0.5, 0.6) is 5.75 Å². The largest absolute Gasteiger partial charge is 0.489 e. The van der Waals surface area contributed by atoms with Gasteiger partial charge in [-0.2, -0.15) is 10.1 Å². The van der Waals surface area contributed by atoms with Crippen molar-refractivity contribution < 1.29 is 19.4 Å². The number of hydrogen-bond acceptors (Lipinski definition) is 4. The van der Waals surface area contributed by atoms with Gasteiger partial charge in [0.05, 0.1) is 22.5 Å². The summed E-state index contributed by atoms with van der Waals surface area (Å²) < 4.78 is 5.84. The average molecular weight is 412 g/mol. The van der Waals surface area contributed by atoms with Gasteiger partial charge in [-0.1, -0.05) is 42.5 Å². The van der Waals surface area contributed by atoms with Gasteiger partial charge in [0.2, 0.25) is 0 Å². The van der Waals surface area contributed by atoms with Crippen molar-refractivity contribution in [2.75, 3.05) is 5.01 Å². The number of ether oxygens (including phenoxy) is 1. The lowest BCUT2D eigenvalue weighted by atomic mass is 10.1. The molecule has 0 unspecified atom stereocenters. The zero-order valence-electron chi connectivity index (χ0n) is 16.9. The van der Waals surface area contributed by atoms with Crippen LogP contribution in [0, 0.1) is 0 Å². The number of amides is 1. The molecular formula is C25H20N2O4. The van der Waals surface area contributed by atoms with Gasteiger partial charge in [-0.3, -0.25) is 4.79 Å². The normalized spacial score (nSPS) is 14.6. The van der Waals surface area contributed by atoms with Crippen LogP contribution in [0.15, 0.2) is 89.5 Å². The molecule has 3 aromatic carbocycles. The van der Waals surface area contributed by atoms with Crippen LogP contribution in [0.1, 0.15) is 28.4 Å². The minimum atomic E-state index is -0.959. The number of aromatic carboxylic acids is 1. The number of carboxylic acid groups (broad SMARTS) is 1. The summed E-state index contributed by atoms with van der Waals surface area (Å²) in [5.74, 6) is -0.482.